The maximum absolute atomic E-state index is 12.8. The Bertz CT molecular complexity index is 1450. The quantitative estimate of drug-likeness (QED) is 0.0214. The summed E-state index contributed by atoms with van der Waals surface area (Å²) in [6, 6.07) is 0. The number of allylic oxidation sites excluding steroid dienone is 20. The van der Waals surface area contributed by atoms with Gasteiger partial charge < -0.3 is 18.9 Å². The number of carbonyl (C=O) groups excluding carboxylic acids is 1. The molecular weight excluding hydrogens is 830 g/mol. The molecule has 9 heteroatoms. The Morgan fingerprint density at radius 2 is 0.846 bits per heavy atom. The topological polar surface area (TPSA) is 91.3 Å². The van der Waals surface area contributed by atoms with Crippen LogP contribution in [-0.2, 0) is 27.9 Å². The molecule has 370 valence electrons. The van der Waals surface area contributed by atoms with Crippen LogP contribution in [0.5, 0.6) is 0 Å². The number of phosphoric ester groups is 1. The molecule has 0 aliphatic carbocycles. The second kappa shape index (κ2) is 47.4. The van der Waals surface area contributed by atoms with Crippen LogP contribution in [0.3, 0.4) is 0 Å². The predicted octanol–water partition coefficient (Wildman–Crippen LogP) is 15.7. The molecule has 0 saturated heterocycles. The van der Waals surface area contributed by atoms with Crippen molar-refractivity contribution in [3.05, 3.63) is 122 Å². The summed E-state index contributed by atoms with van der Waals surface area (Å²) in [5, 5.41) is 0. The summed E-state index contributed by atoms with van der Waals surface area (Å²) in [5.74, 6) is -0.340. The van der Waals surface area contributed by atoms with Gasteiger partial charge in [-0.05, 0) is 103 Å². The summed E-state index contributed by atoms with van der Waals surface area (Å²) in [5.41, 5.74) is 0. The first-order valence-electron chi connectivity index (χ1n) is 25.3. The number of nitrogens with zero attached hydrogens (tertiary/aromatic N) is 1. The first kappa shape index (κ1) is 61.9. The van der Waals surface area contributed by atoms with Gasteiger partial charge in [0, 0.05) is 13.0 Å². The summed E-state index contributed by atoms with van der Waals surface area (Å²) >= 11 is 0. The van der Waals surface area contributed by atoms with Crippen molar-refractivity contribution >= 4 is 13.8 Å². The Morgan fingerprint density at radius 1 is 0.477 bits per heavy atom. The highest BCUT2D eigenvalue weighted by molar-refractivity contribution is 7.47. The normalized spacial score (nSPS) is 14.6. The molecule has 65 heavy (non-hydrogen) atoms. The average molecular weight is 925 g/mol. The molecule has 0 aliphatic rings. The van der Waals surface area contributed by atoms with E-state index in [4.69, 9.17) is 18.5 Å². The lowest BCUT2D eigenvalue weighted by Crippen LogP contribution is -2.37. The SMILES string of the molecule is CC/C=C\C/C=C\C/C=C\C/C=C\C/C=C\CCCCCCCCCC(=O)OC(COCCCCCC/C=C\C/C=C\C/C=C\C/C=C\C/C=C\CC)COP(=O)(O)OCC[N+](C)(C)C. The van der Waals surface area contributed by atoms with Crippen molar-refractivity contribution in [2.75, 3.05) is 54.1 Å². The van der Waals surface area contributed by atoms with Crippen molar-refractivity contribution in [1.82, 2.24) is 0 Å². The van der Waals surface area contributed by atoms with Gasteiger partial charge in [0.25, 0.3) is 0 Å². The fraction of sp³-hybridized carbons (Fsp3) is 0.625. The Balaban J connectivity index is 4.27. The molecule has 0 radical (unpaired) electrons. The van der Waals surface area contributed by atoms with Crippen LogP contribution in [0.15, 0.2) is 122 Å². The van der Waals surface area contributed by atoms with Crippen LogP contribution in [-0.4, -0.2) is 75.6 Å². The molecule has 1 N–H and O–H groups in total. The van der Waals surface area contributed by atoms with E-state index in [1.807, 2.05) is 21.1 Å². The molecule has 2 atom stereocenters. The maximum Gasteiger partial charge on any atom is 0.472 e. The van der Waals surface area contributed by atoms with Gasteiger partial charge in [0.05, 0.1) is 34.4 Å². The van der Waals surface area contributed by atoms with Crippen molar-refractivity contribution in [2.24, 2.45) is 0 Å². The van der Waals surface area contributed by atoms with Gasteiger partial charge in [-0.15, -0.1) is 0 Å². The van der Waals surface area contributed by atoms with Crippen LogP contribution < -0.4 is 0 Å². The van der Waals surface area contributed by atoms with Gasteiger partial charge in [-0.1, -0.05) is 180 Å². The van der Waals surface area contributed by atoms with Gasteiger partial charge in [0.15, 0.2) is 0 Å². The molecule has 8 nitrogen and oxygen atoms in total. The lowest BCUT2D eigenvalue weighted by Gasteiger charge is -2.24. The number of unbranched alkanes of at least 4 members (excludes halogenated alkanes) is 11. The number of quaternary nitrogens is 1. The van der Waals surface area contributed by atoms with E-state index >= 15 is 0 Å². The summed E-state index contributed by atoms with van der Waals surface area (Å²) in [7, 11) is 1.62. The van der Waals surface area contributed by atoms with Crippen molar-refractivity contribution < 1.29 is 37.3 Å². The zero-order valence-corrected chi connectivity index (χ0v) is 42.8. The molecule has 0 aromatic carbocycles. The lowest BCUT2D eigenvalue weighted by molar-refractivity contribution is -0.870. The monoisotopic (exact) mass is 925 g/mol. The molecule has 0 aliphatic heterocycles. The van der Waals surface area contributed by atoms with E-state index in [-0.39, 0.29) is 25.8 Å². The fourth-order valence-electron chi connectivity index (χ4n) is 6.19. The van der Waals surface area contributed by atoms with E-state index in [9.17, 15) is 14.3 Å². The van der Waals surface area contributed by atoms with Gasteiger partial charge in [0.2, 0.25) is 0 Å². The Morgan fingerprint density at radius 3 is 1.26 bits per heavy atom. The average Bonchev–Trinajstić information content (AvgIpc) is 3.27. The third-order valence-corrected chi connectivity index (χ3v) is 11.0. The minimum atomic E-state index is -4.30. The van der Waals surface area contributed by atoms with Crippen LogP contribution in [0.2, 0.25) is 0 Å². The molecule has 0 spiro atoms. The van der Waals surface area contributed by atoms with Gasteiger partial charge in [-0.2, -0.15) is 0 Å². The van der Waals surface area contributed by atoms with E-state index in [2.05, 4.69) is 135 Å². The van der Waals surface area contributed by atoms with E-state index in [1.54, 1.807) is 0 Å². The van der Waals surface area contributed by atoms with E-state index in [1.165, 1.54) is 19.3 Å². The maximum atomic E-state index is 12.8. The minimum absolute atomic E-state index is 0.0730. The zero-order valence-electron chi connectivity index (χ0n) is 41.9. The number of hydrogen-bond acceptors (Lipinski definition) is 6. The minimum Gasteiger partial charge on any atom is -0.457 e. The lowest BCUT2D eigenvalue weighted by atomic mass is 10.1. The van der Waals surface area contributed by atoms with Gasteiger partial charge in [0.1, 0.15) is 19.3 Å². The standard InChI is InChI=1S/C56H94NO7P/c1-6-8-10-12-14-16-18-20-22-24-26-28-29-30-31-33-35-37-39-41-43-45-47-49-56(58)64-55(54-63-65(59,60)62-52-50-57(3,4)5)53-61-51-48-46-44-42-40-38-36-34-32-27-25-23-21-19-17-15-13-11-9-7-2/h8-11,14-17,20-23,26-28,30-32,36,38,55H,6-7,12-13,18-19,24-25,29,33-35,37,39-54H2,1-5H3/p+1/b10-8-,11-9-,16-14-,17-15-,22-20-,23-21-,28-26-,31-30-,32-27-,38-36-. The highest BCUT2D eigenvalue weighted by Gasteiger charge is 2.26. The van der Waals surface area contributed by atoms with E-state index in [0.29, 0.717) is 24.1 Å². The first-order chi connectivity index (χ1) is 31.6. The van der Waals surface area contributed by atoms with Crippen LogP contribution in [0.1, 0.15) is 168 Å². The van der Waals surface area contributed by atoms with Crippen molar-refractivity contribution in [3.63, 3.8) is 0 Å². The number of likely N-dealkylation sites (N-methyl/N-ethyl adjacent to an activating group) is 1. The zero-order chi connectivity index (χ0) is 47.6. The molecule has 0 aromatic rings. The van der Waals surface area contributed by atoms with Crippen molar-refractivity contribution in [2.45, 2.75) is 174 Å². The van der Waals surface area contributed by atoms with Crippen LogP contribution >= 0.6 is 7.82 Å². The highest BCUT2D eigenvalue weighted by atomic mass is 31.2. The molecule has 0 rings (SSSR count). The molecule has 2 unspecified atom stereocenters. The van der Waals surface area contributed by atoms with Crippen molar-refractivity contribution in [1.29, 1.82) is 0 Å². The van der Waals surface area contributed by atoms with E-state index < -0.39 is 13.9 Å². The third kappa shape index (κ3) is 51.7. The molecule has 0 amide bonds. The number of esters is 1. The summed E-state index contributed by atoms with van der Waals surface area (Å²) in [4.78, 5) is 23.0. The summed E-state index contributed by atoms with van der Waals surface area (Å²) < 4.78 is 35.1. The molecular formula is C56H95NO7P+. The van der Waals surface area contributed by atoms with Gasteiger partial charge in [-0.25, -0.2) is 4.57 Å². The second-order valence-corrected chi connectivity index (χ2v) is 18.9. The molecule has 0 bridgehead atoms. The number of hydrogen-bond donors (Lipinski definition) is 1. The summed E-state index contributed by atoms with van der Waals surface area (Å²) in [6.45, 7) is 5.28. The van der Waals surface area contributed by atoms with Crippen molar-refractivity contribution in [3.8, 4) is 0 Å². The smallest absolute Gasteiger partial charge is 0.457 e. The molecule has 0 fully saturated rings. The Kier molecular flexibility index (Phi) is 45.1. The number of carbonyl (C=O) groups is 1. The fourth-order valence-corrected chi connectivity index (χ4v) is 6.93. The summed E-state index contributed by atoms with van der Waals surface area (Å²) in [6.07, 6.45) is 68.1. The third-order valence-electron chi connectivity index (χ3n) is 10.0. The molecule has 0 saturated carbocycles. The predicted molar refractivity (Wildman–Crippen MR) is 279 cm³/mol. The Labute approximate surface area is 399 Å². The molecule has 0 aromatic heterocycles. The van der Waals surface area contributed by atoms with Gasteiger partial charge in [-0.3, -0.25) is 13.8 Å². The second-order valence-electron chi connectivity index (χ2n) is 17.4. The van der Waals surface area contributed by atoms with Crippen LogP contribution in [0.4, 0.5) is 0 Å². The first-order valence-corrected chi connectivity index (χ1v) is 26.8. The Hall–Kier alpha value is -3.10. The van der Waals surface area contributed by atoms with E-state index in [0.717, 1.165) is 128 Å². The van der Waals surface area contributed by atoms with Crippen LogP contribution in [0, 0.1) is 0 Å². The number of rotatable bonds is 45. The molecule has 0 heterocycles. The van der Waals surface area contributed by atoms with Gasteiger partial charge >= 0.3 is 13.8 Å². The largest absolute Gasteiger partial charge is 0.472 e. The van der Waals surface area contributed by atoms with Crippen LogP contribution in [0.25, 0.3) is 0 Å². The highest BCUT2D eigenvalue weighted by Crippen LogP contribution is 2.43. The number of phosphoric acid groups is 1. The number of ether oxygens (including phenoxy) is 2.